The zero-order valence-corrected chi connectivity index (χ0v) is 10.0. The normalized spacial score (nSPS) is 12.4. The molecule has 0 aromatic carbocycles. The first-order chi connectivity index (χ1) is 7.63. The lowest BCUT2D eigenvalue weighted by atomic mass is 10.3. The molecule has 0 spiro atoms. The van der Waals surface area contributed by atoms with Crippen LogP contribution in [0.25, 0.3) is 0 Å². The van der Waals surface area contributed by atoms with Crippen LogP contribution in [0.5, 0.6) is 0 Å². The van der Waals surface area contributed by atoms with Crippen molar-refractivity contribution in [2.45, 2.75) is 33.2 Å². The Labute approximate surface area is 95.6 Å². The molecule has 1 aromatic heterocycles. The third kappa shape index (κ3) is 4.02. The number of carbonyl (C=O) groups excluding carboxylic acids is 1. The highest BCUT2D eigenvalue weighted by molar-refractivity contribution is 5.77. The molecule has 0 aliphatic carbocycles. The molecule has 0 aliphatic rings. The minimum atomic E-state index is -0.0546. The number of aryl methyl sites for hydroxylation is 1. The Bertz CT molecular complexity index is 336. The van der Waals surface area contributed by atoms with E-state index in [4.69, 9.17) is 4.42 Å². The van der Waals surface area contributed by atoms with E-state index in [1.54, 1.807) is 6.20 Å². The van der Waals surface area contributed by atoms with Crippen LogP contribution < -0.4 is 10.6 Å². The van der Waals surface area contributed by atoms with E-state index in [9.17, 15) is 4.79 Å². The van der Waals surface area contributed by atoms with Gasteiger partial charge in [0.05, 0.1) is 18.8 Å². The first-order valence-electron chi connectivity index (χ1n) is 5.56. The van der Waals surface area contributed by atoms with Crippen molar-refractivity contribution in [2.75, 3.05) is 13.1 Å². The maximum Gasteiger partial charge on any atom is 0.233 e. The molecule has 0 fully saturated rings. The molecule has 1 aromatic rings. The van der Waals surface area contributed by atoms with E-state index in [0.717, 1.165) is 12.2 Å². The molecular formula is C11H19N3O2. The highest BCUT2D eigenvalue weighted by atomic mass is 16.4. The van der Waals surface area contributed by atoms with Gasteiger partial charge in [0.25, 0.3) is 0 Å². The number of oxazole rings is 1. The van der Waals surface area contributed by atoms with Crippen molar-refractivity contribution < 1.29 is 9.21 Å². The van der Waals surface area contributed by atoms with Crippen molar-refractivity contribution >= 4 is 5.91 Å². The lowest BCUT2D eigenvalue weighted by Crippen LogP contribution is -2.35. The topological polar surface area (TPSA) is 67.2 Å². The molecule has 1 rings (SSSR count). The van der Waals surface area contributed by atoms with Gasteiger partial charge in [0.1, 0.15) is 5.76 Å². The fraction of sp³-hybridized carbons (Fsp3) is 0.636. The van der Waals surface area contributed by atoms with Crippen molar-refractivity contribution in [3.05, 3.63) is 17.8 Å². The number of carbonyl (C=O) groups is 1. The molecule has 90 valence electrons. The van der Waals surface area contributed by atoms with Gasteiger partial charge in [-0.15, -0.1) is 0 Å². The number of nitrogens with zero attached hydrogens (tertiary/aromatic N) is 1. The highest BCUT2D eigenvalue weighted by Gasteiger charge is 2.11. The van der Waals surface area contributed by atoms with E-state index in [1.807, 2.05) is 20.8 Å². The monoisotopic (exact) mass is 225 g/mol. The van der Waals surface area contributed by atoms with Gasteiger partial charge in [-0.25, -0.2) is 4.98 Å². The van der Waals surface area contributed by atoms with Gasteiger partial charge in [-0.1, -0.05) is 6.92 Å². The molecule has 16 heavy (non-hydrogen) atoms. The van der Waals surface area contributed by atoms with Crippen LogP contribution in [-0.4, -0.2) is 24.0 Å². The summed E-state index contributed by atoms with van der Waals surface area (Å²) < 4.78 is 5.35. The fourth-order valence-corrected chi connectivity index (χ4v) is 1.23. The molecule has 5 nitrogen and oxygen atoms in total. The van der Waals surface area contributed by atoms with Crippen molar-refractivity contribution in [3.63, 3.8) is 0 Å². The average molecular weight is 225 g/mol. The first-order valence-corrected chi connectivity index (χ1v) is 5.56. The molecule has 0 aliphatic heterocycles. The lowest BCUT2D eigenvalue weighted by molar-refractivity contribution is -0.120. The minimum absolute atomic E-state index is 0.00280. The number of nitrogens with one attached hydrogen (secondary N) is 2. The zero-order chi connectivity index (χ0) is 12.0. The van der Waals surface area contributed by atoms with Gasteiger partial charge in [-0.05, 0) is 20.3 Å². The predicted octanol–water partition coefficient (Wildman–Crippen LogP) is 1.16. The second-order valence-electron chi connectivity index (χ2n) is 3.76. The van der Waals surface area contributed by atoms with Crippen LogP contribution in [0.1, 0.15) is 38.0 Å². The van der Waals surface area contributed by atoms with E-state index in [1.165, 1.54) is 0 Å². The van der Waals surface area contributed by atoms with Gasteiger partial charge in [-0.3, -0.25) is 10.1 Å². The van der Waals surface area contributed by atoms with Crippen LogP contribution in [0.2, 0.25) is 0 Å². The SMILES string of the molecule is CCCNC(=O)CNC(C)c1ncc(C)o1. The Morgan fingerprint density at radius 3 is 2.94 bits per heavy atom. The predicted molar refractivity (Wildman–Crippen MR) is 61.0 cm³/mol. The maximum atomic E-state index is 11.3. The largest absolute Gasteiger partial charge is 0.444 e. The molecule has 0 saturated heterocycles. The summed E-state index contributed by atoms with van der Waals surface area (Å²) in [5, 5.41) is 5.84. The fourth-order valence-electron chi connectivity index (χ4n) is 1.23. The summed E-state index contributed by atoms with van der Waals surface area (Å²) in [5.41, 5.74) is 0. The van der Waals surface area contributed by atoms with Crippen LogP contribution in [0.3, 0.4) is 0 Å². The third-order valence-electron chi connectivity index (χ3n) is 2.15. The van der Waals surface area contributed by atoms with Crippen LogP contribution in [0.15, 0.2) is 10.6 Å². The third-order valence-corrected chi connectivity index (χ3v) is 2.15. The second-order valence-corrected chi connectivity index (χ2v) is 3.76. The maximum absolute atomic E-state index is 11.3. The number of hydrogen-bond acceptors (Lipinski definition) is 4. The van der Waals surface area contributed by atoms with Crippen molar-refractivity contribution in [2.24, 2.45) is 0 Å². The van der Waals surface area contributed by atoms with Crippen molar-refractivity contribution in [1.82, 2.24) is 15.6 Å². The van der Waals surface area contributed by atoms with Crippen LogP contribution in [-0.2, 0) is 4.79 Å². The molecule has 1 heterocycles. The molecular weight excluding hydrogens is 206 g/mol. The second kappa shape index (κ2) is 6.27. The Kier molecular flexibility index (Phi) is 4.98. The van der Waals surface area contributed by atoms with E-state index < -0.39 is 0 Å². The highest BCUT2D eigenvalue weighted by Crippen LogP contribution is 2.10. The quantitative estimate of drug-likeness (QED) is 0.762. The van der Waals surface area contributed by atoms with Gasteiger partial charge in [-0.2, -0.15) is 0 Å². The molecule has 0 bridgehead atoms. The summed E-state index contributed by atoms with van der Waals surface area (Å²) in [6.07, 6.45) is 2.62. The molecule has 1 atom stereocenters. The molecule has 1 amide bonds. The van der Waals surface area contributed by atoms with Crippen molar-refractivity contribution in [1.29, 1.82) is 0 Å². The smallest absolute Gasteiger partial charge is 0.233 e. The van der Waals surface area contributed by atoms with Crippen molar-refractivity contribution in [3.8, 4) is 0 Å². The standard InChI is InChI=1S/C11H19N3O2/c1-4-5-12-10(15)7-13-9(3)11-14-6-8(2)16-11/h6,9,13H,4-5,7H2,1-3H3,(H,12,15). The van der Waals surface area contributed by atoms with Gasteiger partial charge >= 0.3 is 0 Å². The zero-order valence-electron chi connectivity index (χ0n) is 10.0. The van der Waals surface area contributed by atoms with Gasteiger partial charge < -0.3 is 9.73 Å². The van der Waals surface area contributed by atoms with Gasteiger partial charge in [0.15, 0.2) is 0 Å². The summed E-state index contributed by atoms with van der Waals surface area (Å²) in [6, 6.07) is -0.0546. The van der Waals surface area contributed by atoms with E-state index >= 15 is 0 Å². The number of hydrogen-bond donors (Lipinski definition) is 2. The number of amides is 1. The lowest BCUT2D eigenvalue weighted by Gasteiger charge is -2.10. The molecule has 1 unspecified atom stereocenters. The van der Waals surface area contributed by atoms with E-state index in [-0.39, 0.29) is 18.5 Å². The van der Waals surface area contributed by atoms with Crippen LogP contribution in [0, 0.1) is 6.92 Å². The Balaban J connectivity index is 2.29. The summed E-state index contributed by atoms with van der Waals surface area (Å²) in [5.74, 6) is 1.39. The Morgan fingerprint density at radius 1 is 1.62 bits per heavy atom. The van der Waals surface area contributed by atoms with Crippen LogP contribution >= 0.6 is 0 Å². The number of rotatable bonds is 6. The first kappa shape index (κ1) is 12.7. The average Bonchev–Trinajstić information content (AvgIpc) is 2.69. The molecule has 2 N–H and O–H groups in total. The van der Waals surface area contributed by atoms with Crippen LogP contribution in [0.4, 0.5) is 0 Å². The van der Waals surface area contributed by atoms with Gasteiger partial charge in [0, 0.05) is 6.54 Å². The summed E-state index contributed by atoms with van der Waals surface area (Å²) in [4.78, 5) is 15.4. The van der Waals surface area contributed by atoms with E-state index in [2.05, 4.69) is 15.6 Å². The Hall–Kier alpha value is -1.36. The summed E-state index contributed by atoms with van der Waals surface area (Å²) in [7, 11) is 0. The molecule has 5 heteroatoms. The van der Waals surface area contributed by atoms with Gasteiger partial charge in [0.2, 0.25) is 11.8 Å². The molecule has 0 saturated carbocycles. The van der Waals surface area contributed by atoms with E-state index in [0.29, 0.717) is 12.4 Å². The summed E-state index contributed by atoms with van der Waals surface area (Å²) >= 11 is 0. The minimum Gasteiger partial charge on any atom is -0.444 e. The number of aromatic nitrogens is 1. The summed E-state index contributed by atoms with van der Waals surface area (Å²) in [6.45, 7) is 6.77. The Morgan fingerprint density at radius 2 is 2.38 bits per heavy atom. The molecule has 0 radical (unpaired) electrons.